The van der Waals surface area contributed by atoms with Crippen molar-refractivity contribution in [1.82, 2.24) is 0 Å². The summed E-state index contributed by atoms with van der Waals surface area (Å²) < 4.78 is 19.6. The first-order valence-corrected chi connectivity index (χ1v) is 3.47. The van der Waals surface area contributed by atoms with E-state index in [0.29, 0.717) is 0 Å². The van der Waals surface area contributed by atoms with Crippen molar-refractivity contribution < 1.29 is 17.1 Å². The van der Waals surface area contributed by atoms with Crippen LogP contribution in [-0.4, -0.2) is 24.3 Å². The van der Waals surface area contributed by atoms with E-state index >= 15 is 0 Å². The van der Waals surface area contributed by atoms with Crippen LogP contribution in [0.15, 0.2) is 0 Å². The molecule has 0 aromatic carbocycles. The summed E-state index contributed by atoms with van der Waals surface area (Å²) in [6, 6.07) is 0. The predicted octanol–water partition coefficient (Wildman–Crippen LogP) is -1.12. The maximum atomic E-state index is 9.15. The Morgan fingerprint density at radius 2 is 2.00 bits per heavy atom. The van der Waals surface area contributed by atoms with Crippen LogP contribution in [0.1, 0.15) is 0 Å². The summed E-state index contributed by atoms with van der Waals surface area (Å²) in [4.78, 5) is 0. The van der Waals surface area contributed by atoms with Gasteiger partial charge in [0.15, 0.2) is 0 Å². The number of hydrogen-bond donors (Lipinski definition) is 2. The fourth-order valence-corrected chi connectivity index (χ4v) is 0. The van der Waals surface area contributed by atoms with Gasteiger partial charge in [0.05, 0.1) is 0 Å². The Hall–Kier alpha value is -0.0971. The van der Waals surface area contributed by atoms with Gasteiger partial charge in [0, 0.05) is 0 Å². The van der Waals surface area contributed by atoms with Crippen LogP contribution in [0.25, 0.3) is 0 Å². The average molecular weight is 139 g/mol. The van der Waals surface area contributed by atoms with Crippen molar-refractivity contribution in [1.29, 1.82) is 0 Å². The average Bonchev–Trinajstić information content (AvgIpc) is 1.38. The van der Waals surface area contributed by atoms with Crippen LogP contribution in [0, 0.1) is 0 Å². The zero-order chi connectivity index (χ0) is 4.28. The van der Waals surface area contributed by atoms with Crippen LogP contribution in [0.4, 0.5) is 0 Å². The van der Waals surface area contributed by atoms with Crippen molar-refractivity contribution in [2.75, 3.05) is 0 Å². The van der Waals surface area contributed by atoms with Gasteiger partial charge >= 0.3 is 32.0 Å². The summed E-state index contributed by atoms with van der Waals surface area (Å²) in [5.41, 5.74) is 0. The molecule has 0 rings (SSSR count). The zero-order valence-electron chi connectivity index (χ0n) is 2.21. The molecule has 0 aliphatic heterocycles. The molecule has 0 fully saturated rings. The first kappa shape index (κ1) is 4.90. The second-order valence-corrected chi connectivity index (χ2v) is 1.86. The van der Waals surface area contributed by atoms with Gasteiger partial charge in [-0.1, -0.05) is 0 Å². The van der Waals surface area contributed by atoms with Gasteiger partial charge < -0.3 is 0 Å². The van der Waals surface area contributed by atoms with Crippen molar-refractivity contribution in [2.24, 2.45) is 0 Å². The third-order valence-corrected chi connectivity index (χ3v) is 0.406. The van der Waals surface area contributed by atoms with E-state index in [1.165, 1.54) is 0 Å². The van der Waals surface area contributed by atoms with Gasteiger partial charge in [0.1, 0.15) is 0 Å². The Kier molecular flexibility index (Phi) is 2.12. The van der Waals surface area contributed by atoms with Gasteiger partial charge in [-0.2, -0.15) is 0 Å². The Bertz CT molecular complexity index is 38.9. The maximum absolute atomic E-state index is 9.15. The van der Waals surface area contributed by atoms with Crippen LogP contribution in [0.5, 0.6) is 0 Å². The molecule has 0 saturated carbocycles. The van der Waals surface area contributed by atoms with Gasteiger partial charge in [0.2, 0.25) is 0 Å². The van der Waals surface area contributed by atoms with E-state index in [-0.39, 0.29) is 0 Å². The molecule has 0 heterocycles. The third-order valence-electron chi connectivity index (χ3n) is 0.0781. The zero-order valence-corrected chi connectivity index (χ0v) is 4.31. The van der Waals surface area contributed by atoms with Gasteiger partial charge in [-0.05, 0) is 0 Å². The summed E-state index contributed by atoms with van der Waals surface area (Å²) in [5, 5.41) is 7.16. The second kappa shape index (κ2) is 2.16. The van der Waals surface area contributed by atoms with Gasteiger partial charge in [-0.25, -0.2) is 0 Å². The van der Waals surface area contributed by atoms with Crippen molar-refractivity contribution in [3.63, 3.8) is 0 Å². The molecule has 0 aromatic rings. The molecule has 0 aromatic heterocycles. The minimum absolute atomic E-state index is 2.92. The van der Waals surface area contributed by atoms with Crippen LogP contribution in [-0.2, 0) is 7.69 Å². The molecular formula is H2GeO4. The molecule has 4 nitrogen and oxygen atoms in total. The third kappa shape index (κ3) is 3.90. The molecule has 0 atom stereocenters. The van der Waals surface area contributed by atoms with E-state index in [0.717, 1.165) is 0 Å². The SMILES string of the molecule is [O]=[Ge]([OH])[O]O. The molecule has 2 N–H and O–H groups in total. The quantitative estimate of drug-likeness (QED) is 0.274. The van der Waals surface area contributed by atoms with Crippen LogP contribution in [0.2, 0.25) is 0 Å². The Morgan fingerprint density at radius 1 is 1.80 bits per heavy atom. The molecule has 0 unspecified atom stereocenters. The van der Waals surface area contributed by atoms with E-state index < -0.39 is 15.0 Å². The van der Waals surface area contributed by atoms with Gasteiger partial charge in [-0.15, -0.1) is 0 Å². The monoisotopic (exact) mass is 140 g/mol. The molecule has 0 aliphatic rings. The molecular weight excluding hydrogens is 137 g/mol. The Morgan fingerprint density at radius 3 is 2.00 bits per heavy atom. The molecule has 5 heavy (non-hydrogen) atoms. The van der Waals surface area contributed by atoms with E-state index in [9.17, 15) is 0 Å². The molecule has 0 saturated heterocycles. The van der Waals surface area contributed by atoms with E-state index in [1.54, 1.807) is 0 Å². The van der Waals surface area contributed by atoms with Gasteiger partial charge in [-0.3, -0.25) is 0 Å². The molecule has 0 bridgehead atoms. The topological polar surface area (TPSA) is 66.8 Å². The minimum atomic E-state index is -3.55. The standard InChI is InChI=1S/GeH2O4/c2-1(3)5-4/h2,4H. The molecule has 30 valence electrons. The fraction of sp³-hybridized carbons (Fsp3) is 0. The van der Waals surface area contributed by atoms with Crippen molar-refractivity contribution >= 4 is 15.0 Å². The summed E-state index contributed by atoms with van der Waals surface area (Å²) in [5.74, 6) is 0. The Labute approximate surface area is 32.9 Å². The second-order valence-electron chi connectivity index (χ2n) is 0.357. The first-order chi connectivity index (χ1) is 2.27. The van der Waals surface area contributed by atoms with Crippen molar-refractivity contribution in [3.05, 3.63) is 0 Å². The van der Waals surface area contributed by atoms with E-state index in [2.05, 4.69) is 3.91 Å². The van der Waals surface area contributed by atoms with Crippen LogP contribution < -0.4 is 0 Å². The van der Waals surface area contributed by atoms with E-state index in [1.807, 2.05) is 0 Å². The van der Waals surface area contributed by atoms with Gasteiger partial charge in [0.25, 0.3) is 0 Å². The first-order valence-electron chi connectivity index (χ1n) is 0.814. The fourth-order valence-electron chi connectivity index (χ4n) is 0. The van der Waals surface area contributed by atoms with Crippen molar-refractivity contribution in [3.8, 4) is 0 Å². The molecule has 0 radical (unpaired) electrons. The summed E-state index contributed by atoms with van der Waals surface area (Å²) >= 11 is -3.55. The molecule has 0 amide bonds. The molecule has 0 aliphatic carbocycles. The predicted molar refractivity (Wildman–Crippen MR) is 12.4 cm³/mol. The summed E-state index contributed by atoms with van der Waals surface area (Å²) in [7, 11) is 0. The number of hydrogen-bond acceptors (Lipinski definition) is 3. The molecule has 5 heteroatoms. The number of rotatable bonds is 1. The summed E-state index contributed by atoms with van der Waals surface area (Å²) in [6.07, 6.45) is 0. The molecule has 0 spiro atoms. The van der Waals surface area contributed by atoms with Crippen LogP contribution >= 0.6 is 0 Å². The van der Waals surface area contributed by atoms with Crippen molar-refractivity contribution in [2.45, 2.75) is 0 Å². The van der Waals surface area contributed by atoms with Crippen LogP contribution in [0.3, 0.4) is 0 Å². The summed E-state index contributed by atoms with van der Waals surface area (Å²) in [6.45, 7) is 0. The normalized spacial score (nSPS) is 6.60. The Balaban J connectivity index is 2.85. The van der Waals surface area contributed by atoms with E-state index in [4.69, 9.17) is 13.2 Å².